The first-order valence-electron chi connectivity index (χ1n) is 13.0. The molecular weight excluding hydrogens is 716 g/mol. The van der Waals surface area contributed by atoms with Crippen molar-refractivity contribution in [3.8, 4) is 0 Å². The smallest absolute Gasteiger partial charge is 0.320 e. The molecule has 3 aromatic rings. The van der Waals surface area contributed by atoms with Crippen molar-refractivity contribution in [3.05, 3.63) is 93.0 Å². The Labute approximate surface area is 260 Å². The van der Waals surface area contributed by atoms with Gasteiger partial charge in [-0.1, -0.05) is 6.07 Å². The molecular formula is C29H19BrF12N2O2. The summed E-state index contributed by atoms with van der Waals surface area (Å²) in [5.41, 5.74) is -14.0. The fraction of sp³-hybridized carbons (Fsp3) is 0.310. The van der Waals surface area contributed by atoms with Crippen molar-refractivity contribution in [2.45, 2.75) is 50.0 Å². The molecule has 0 aromatic heterocycles. The van der Waals surface area contributed by atoms with Crippen LogP contribution in [-0.4, -0.2) is 30.2 Å². The van der Waals surface area contributed by atoms with E-state index in [1.807, 2.05) is 0 Å². The predicted octanol–water partition coefficient (Wildman–Crippen LogP) is 9.73. The van der Waals surface area contributed by atoms with Crippen molar-refractivity contribution >= 4 is 39.1 Å². The van der Waals surface area contributed by atoms with Gasteiger partial charge in [-0.15, -0.1) is 0 Å². The highest BCUT2D eigenvalue weighted by molar-refractivity contribution is 9.10. The fourth-order valence-electron chi connectivity index (χ4n) is 4.74. The topological polar surface area (TPSA) is 49.4 Å². The Hall–Kier alpha value is -3.76. The van der Waals surface area contributed by atoms with Crippen molar-refractivity contribution in [2.75, 3.05) is 10.2 Å². The highest BCUT2D eigenvalue weighted by Gasteiger charge is 2.73. The third-order valence-electron chi connectivity index (χ3n) is 7.32. The van der Waals surface area contributed by atoms with Gasteiger partial charge in [-0.2, -0.15) is 39.5 Å². The summed E-state index contributed by atoms with van der Waals surface area (Å²) < 4.78 is 164. The van der Waals surface area contributed by atoms with Gasteiger partial charge in [-0.3, -0.25) is 9.59 Å². The summed E-state index contributed by atoms with van der Waals surface area (Å²) in [5, 5.41) is 1.62. The number of halogens is 13. The lowest BCUT2D eigenvalue weighted by Gasteiger charge is -2.31. The van der Waals surface area contributed by atoms with E-state index >= 15 is 4.39 Å². The normalized spacial score (nSPS) is 15.0. The number of nitrogens with zero attached hydrogens (tertiary/aromatic N) is 1. The summed E-state index contributed by atoms with van der Waals surface area (Å²) in [4.78, 5) is 27.5. The van der Waals surface area contributed by atoms with Gasteiger partial charge in [0.2, 0.25) is 0 Å². The summed E-state index contributed by atoms with van der Waals surface area (Å²) in [6, 6.07) is 5.51. The van der Waals surface area contributed by atoms with Crippen LogP contribution >= 0.6 is 15.9 Å². The summed E-state index contributed by atoms with van der Waals surface area (Å²) in [6.45, 7) is 1.58. The zero-order chi connectivity index (χ0) is 34.6. The lowest BCUT2D eigenvalue weighted by Crippen LogP contribution is -2.50. The van der Waals surface area contributed by atoms with Crippen LogP contribution in [0.2, 0.25) is 0 Å². The molecule has 0 spiro atoms. The Balaban J connectivity index is 1.79. The Morgan fingerprint density at radius 2 is 1.43 bits per heavy atom. The molecule has 1 saturated carbocycles. The van der Waals surface area contributed by atoms with Crippen LogP contribution in [0.4, 0.5) is 64.1 Å². The SMILES string of the molecule is CC(C1CC1)N(C(=O)c1ccc(F)cc1)c1cccc(C(=O)Nc2c(Br)cc(C(F)(C(F)(F)F)C(F)(F)F)cc2C(F)(F)F)c1F. The molecule has 248 valence electrons. The number of anilines is 2. The Morgan fingerprint density at radius 1 is 0.870 bits per heavy atom. The second kappa shape index (κ2) is 12.1. The largest absolute Gasteiger partial charge is 0.435 e. The maximum Gasteiger partial charge on any atom is 0.435 e. The summed E-state index contributed by atoms with van der Waals surface area (Å²) >= 11 is 2.38. The van der Waals surface area contributed by atoms with Crippen LogP contribution in [-0.2, 0) is 11.8 Å². The van der Waals surface area contributed by atoms with Crippen molar-refractivity contribution in [1.82, 2.24) is 0 Å². The first-order chi connectivity index (χ1) is 21.1. The maximum atomic E-state index is 15.9. The second-order valence-corrected chi connectivity index (χ2v) is 11.2. The fourth-order valence-corrected chi connectivity index (χ4v) is 5.30. The predicted molar refractivity (Wildman–Crippen MR) is 144 cm³/mol. The number of hydrogen-bond acceptors (Lipinski definition) is 2. The van der Waals surface area contributed by atoms with Gasteiger partial charge >= 0.3 is 24.2 Å². The quantitative estimate of drug-likeness (QED) is 0.246. The van der Waals surface area contributed by atoms with E-state index in [0.29, 0.717) is 12.8 Å². The van der Waals surface area contributed by atoms with Crippen molar-refractivity contribution < 1.29 is 62.3 Å². The van der Waals surface area contributed by atoms with E-state index in [2.05, 4.69) is 15.9 Å². The number of carbonyl (C=O) groups is 2. The molecule has 4 nitrogen and oxygen atoms in total. The second-order valence-electron chi connectivity index (χ2n) is 10.4. The van der Waals surface area contributed by atoms with Gasteiger partial charge in [0.05, 0.1) is 22.5 Å². The lowest BCUT2D eigenvalue weighted by atomic mass is 9.92. The maximum absolute atomic E-state index is 15.9. The molecule has 0 saturated heterocycles. The molecule has 2 amide bonds. The van der Waals surface area contributed by atoms with Crippen LogP contribution < -0.4 is 10.2 Å². The molecule has 0 bridgehead atoms. The molecule has 17 heteroatoms. The highest BCUT2D eigenvalue weighted by atomic mass is 79.9. The minimum atomic E-state index is -6.74. The number of alkyl halides is 10. The van der Waals surface area contributed by atoms with Gasteiger partial charge in [0.1, 0.15) is 5.82 Å². The summed E-state index contributed by atoms with van der Waals surface area (Å²) in [7, 11) is 0. The van der Waals surface area contributed by atoms with Crippen molar-refractivity contribution in [3.63, 3.8) is 0 Å². The van der Waals surface area contributed by atoms with Crippen LogP contribution in [0.1, 0.15) is 51.6 Å². The van der Waals surface area contributed by atoms with Gasteiger partial charge in [0, 0.05) is 21.6 Å². The van der Waals surface area contributed by atoms with E-state index in [4.69, 9.17) is 0 Å². The standard InChI is InChI=1S/C29H19BrF12N2O2/c1-13(14-5-6-14)44(25(46)15-7-9-17(31)10-8-15)21-4-2-3-18(22(21)32)24(45)43-23-19(27(34,35)36)11-16(12-20(23)30)26(33,28(37,38)39)29(40,41)42/h2-4,7-14H,5-6H2,1H3,(H,43,45). The summed E-state index contributed by atoms with van der Waals surface area (Å²) in [5.74, 6) is -4.64. The Bertz CT molecular complexity index is 1630. The third-order valence-corrected chi connectivity index (χ3v) is 7.94. The first kappa shape index (κ1) is 35.1. The van der Waals surface area contributed by atoms with Crippen LogP contribution in [0.3, 0.4) is 0 Å². The number of benzene rings is 3. The van der Waals surface area contributed by atoms with E-state index in [1.165, 1.54) is 0 Å². The van der Waals surface area contributed by atoms with E-state index in [1.54, 1.807) is 12.2 Å². The molecule has 1 aliphatic rings. The number of carbonyl (C=O) groups excluding carboxylic acids is 2. The van der Waals surface area contributed by atoms with Gasteiger partial charge in [0.25, 0.3) is 11.8 Å². The first-order valence-corrected chi connectivity index (χ1v) is 13.8. The molecule has 0 aliphatic heterocycles. The van der Waals surface area contributed by atoms with Crippen molar-refractivity contribution in [2.24, 2.45) is 5.92 Å². The number of amides is 2. The molecule has 1 aliphatic carbocycles. The molecule has 4 rings (SSSR count). The van der Waals surface area contributed by atoms with E-state index in [-0.39, 0.29) is 17.5 Å². The summed E-state index contributed by atoms with van der Waals surface area (Å²) in [6.07, 6.45) is -17.9. The van der Waals surface area contributed by atoms with E-state index in [0.717, 1.165) is 47.4 Å². The molecule has 1 N–H and O–H groups in total. The zero-order valence-corrected chi connectivity index (χ0v) is 24.5. The van der Waals surface area contributed by atoms with E-state index in [9.17, 15) is 57.9 Å². The zero-order valence-electron chi connectivity index (χ0n) is 22.9. The third kappa shape index (κ3) is 6.55. The molecule has 1 unspecified atom stereocenters. The van der Waals surface area contributed by atoms with Crippen LogP contribution in [0.5, 0.6) is 0 Å². The monoisotopic (exact) mass is 734 g/mol. The number of hydrogen-bond donors (Lipinski definition) is 1. The van der Waals surface area contributed by atoms with Gasteiger partial charge < -0.3 is 10.2 Å². The molecule has 46 heavy (non-hydrogen) atoms. The van der Waals surface area contributed by atoms with E-state index < -0.39 is 92.3 Å². The lowest BCUT2D eigenvalue weighted by molar-refractivity contribution is -0.348. The minimum absolute atomic E-state index is 0.0661. The molecule has 0 radical (unpaired) electrons. The molecule has 1 fully saturated rings. The molecule has 3 aromatic carbocycles. The van der Waals surface area contributed by atoms with Gasteiger partial charge in [-0.25, -0.2) is 13.2 Å². The van der Waals surface area contributed by atoms with Gasteiger partial charge in [0.15, 0.2) is 5.82 Å². The number of nitrogens with one attached hydrogen (secondary N) is 1. The minimum Gasteiger partial charge on any atom is -0.320 e. The Morgan fingerprint density at radius 3 is 1.93 bits per heavy atom. The average molecular weight is 735 g/mol. The number of rotatable bonds is 7. The van der Waals surface area contributed by atoms with Gasteiger partial charge in [-0.05, 0) is 90.1 Å². The average Bonchev–Trinajstić information content (AvgIpc) is 3.78. The highest BCUT2D eigenvalue weighted by Crippen LogP contribution is 2.55. The van der Waals surface area contributed by atoms with Crippen LogP contribution in [0.25, 0.3) is 0 Å². The van der Waals surface area contributed by atoms with Crippen LogP contribution in [0.15, 0.2) is 59.1 Å². The van der Waals surface area contributed by atoms with Crippen LogP contribution in [0, 0.1) is 17.6 Å². The molecule has 1 atom stereocenters. The molecule has 0 heterocycles. The van der Waals surface area contributed by atoms with Crippen molar-refractivity contribution in [1.29, 1.82) is 0 Å². The Kier molecular flexibility index (Phi) is 9.25.